The van der Waals surface area contributed by atoms with Crippen LogP contribution in [0.1, 0.15) is 17.2 Å². The normalized spacial score (nSPS) is 16.1. The second-order valence-corrected chi connectivity index (χ2v) is 7.15. The van der Waals surface area contributed by atoms with Crippen LogP contribution in [0.15, 0.2) is 61.0 Å². The molecule has 2 heterocycles. The van der Waals surface area contributed by atoms with Gasteiger partial charge in [-0.3, -0.25) is 4.57 Å². The number of hydrogen-bond acceptors (Lipinski definition) is 5. The molecular formula is C23H19F3N4O2. The fourth-order valence-corrected chi connectivity index (χ4v) is 3.78. The highest BCUT2D eigenvalue weighted by atomic mass is 19.4. The Bertz CT molecular complexity index is 1250. The van der Waals surface area contributed by atoms with E-state index < -0.39 is 18.8 Å². The molecule has 1 aliphatic heterocycles. The molecule has 9 heteroatoms. The van der Waals surface area contributed by atoms with Crippen molar-refractivity contribution in [3.8, 4) is 17.6 Å². The number of aromatic nitrogens is 2. The molecule has 3 aromatic rings. The first kappa shape index (κ1) is 21.3. The minimum absolute atomic E-state index is 0.298. The number of hydrogen-bond donors (Lipinski definition) is 0. The Morgan fingerprint density at radius 2 is 1.88 bits per heavy atom. The van der Waals surface area contributed by atoms with Gasteiger partial charge in [-0.2, -0.15) is 18.4 Å². The van der Waals surface area contributed by atoms with Crippen molar-refractivity contribution in [2.45, 2.75) is 12.2 Å². The van der Waals surface area contributed by atoms with Crippen LogP contribution in [0.3, 0.4) is 0 Å². The highest BCUT2D eigenvalue weighted by Crippen LogP contribution is 2.38. The number of allylic oxidation sites excluding steroid dienone is 2. The van der Waals surface area contributed by atoms with Crippen LogP contribution in [0.5, 0.6) is 11.5 Å². The maximum Gasteiger partial charge on any atom is 0.406 e. The molecule has 0 aliphatic carbocycles. The summed E-state index contributed by atoms with van der Waals surface area (Å²) in [7, 11) is 2.99. The summed E-state index contributed by atoms with van der Waals surface area (Å²) >= 11 is 0. The Morgan fingerprint density at radius 3 is 2.56 bits per heavy atom. The van der Waals surface area contributed by atoms with Crippen LogP contribution in [0.25, 0.3) is 16.9 Å². The lowest BCUT2D eigenvalue weighted by Gasteiger charge is -2.37. The number of rotatable bonds is 5. The van der Waals surface area contributed by atoms with Crippen molar-refractivity contribution in [1.82, 2.24) is 14.5 Å². The Kier molecular flexibility index (Phi) is 5.53. The van der Waals surface area contributed by atoms with E-state index in [2.05, 4.69) is 4.98 Å². The lowest BCUT2D eigenvalue weighted by Crippen LogP contribution is -2.38. The highest BCUT2D eigenvalue weighted by Gasteiger charge is 2.36. The van der Waals surface area contributed by atoms with E-state index in [9.17, 15) is 18.4 Å². The van der Waals surface area contributed by atoms with Gasteiger partial charge in [0.05, 0.1) is 42.9 Å². The van der Waals surface area contributed by atoms with Gasteiger partial charge in [-0.15, -0.1) is 0 Å². The van der Waals surface area contributed by atoms with E-state index in [1.165, 1.54) is 25.4 Å². The lowest BCUT2D eigenvalue weighted by molar-refractivity contribution is -0.142. The second kappa shape index (κ2) is 8.30. The number of alkyl halides is 3. The average molecular weight is 440 g/mol. The van der Waals surface area contributed by atoms with E-state index in [0.29, 0.717) is 39.5 Å². The zero-order valence-corrected chi connectivity index (χ0v) is 17.3. The SMILES string of the molecule is COc1cc2ncn(C3=CC=CC(c4cccc(C#N)c4)N3CC(F)(F)F)c2cc1OC. The van der Waals surface area contributed by atoms with E-state index >= 15 is 0 Å². The molecule has 1 aromatic heterocycles. The molecule has 1 aliphatic rings. The quantitative estimate of drug-likeness (QED) is 0.565. The largest absolute Gasteiger partial charge is 0.493 e. The number of halogens is 3. The number of nitriles is 1. The Morgan fingerprint density at radius 1 is 1.12 bits per heavy atom. The van der Waals surface area contributed by atoms with E-state index in [0.717, 1.165) is 0 Å². The molecule has 0 saturated heterocycles. The van der Waals surface area contributed by atoms with Crippen LogP contribution < -0.4 is 9.47 Å². The summed E-state index contributed by atoms with van der Waals surface area (Å²) in [5.41, 5.74) is 2.08. The summed E-state index contributed by atoms with van der Waals surface area (Å²) in [5.74, 6) is 1.21. The van der Waals surface area contributed by atoms with E-state index in [-0.39, 0.29) is 0 Å². The third kappa shape index (κ3) is 3.99. The third-order valence-corrected chi connectivity index (χ3v) is 5.18. The van der Waals surface area contributed by atoms with E-state index in [1.54, 1.807) is 59.2 Å². The van der Waals surface area contributed by atoms with Gasteiger partial charge in [0, 0.05) is 12.1 Å². The minimum atomic E-state index is -4.45. The molecular weight excluding hydrogens is 421 g/mol. The van der Waals surface area contributed by atoms with Gasteiger partial charge in [-0.1, -0.05) is 24.3 Å². The molecule has 4 rings (SSSR count). The maximum atomic E-state index is 13.6. The van der Waals surface area contributed by atoms with Gasteiger partial charge in [-0.25, -0.2) is 4.98 Å². The van der Waals surface area contributed by atoms with Gasteiger partial charge in [0.15, 0.2) is 11.5 Å². The summed E-state index contributed by atoms with van der Waals surface area (Å²) in [6.45, 7) is -1.18. The smallest absolute Gasteiger partial charge is 0.406 e. The van der Waals surface area contributed by atoms with Gasteiger partial charge in [0.25, 0.3) is 0 Å². The lowest BCUT2D eigenvalue weighted by atomic mass is 10.0. The summed E-state index contributed by atoms with van der Waals surface area (Å²) in [5, 5.41) is 9.22. The Balaban J connectivity index is 1.84. The van der Waals surface area contributed by atoms with Gasteiger partial charge < -0.3 is 14.4 Å². The van der Waals surface area contributed by atoms with E-state index in [1.807, 2.05) is 6.07 Å². The van der Waals surface area contributed by atoms with Crippen molar-refractivity contribution in [2.24, 2.45) is 0 Å². The topological polar surface area (TPSA) is 63.3 Å². The first-order chi connectivity index (χ1) is 15.3. The number of benzene rings is 2. The summed E-state index contributed by atoms with van der Waals surface area (Å²) in [6.07, 6.45) is 2.01. The van der Waals surface area contributed by atoms with Crippen LogP contribution in [0.4, 0.5) is 13.2 Å². The number of nitrogens with zero attached hydrogens (tertiary/aromatic N) is 4. The Hall–Kier alpha value is -3.93. The molecule has 6 nitrogen and oxygen atoms in total. The molecule has 0 spiro atoms. The van der Waals surface area contributed by atoms with Crippen LogP contribution in [0.2, 0.25) is 0 Å². The van der Waals surface area contributed by atoms with Gasteiger partial charge in [0.2, 0.25) is 0 Å². The molecule has 1 atom stereocenters. The molecule has 32 heavy (non-hydrogen) atoms. The zero-order valence-electron chi connectivity index (χ0n) is 17.3. The van der Waals surface area contributed by atoms with Crippen LogP contribution in [-0.2, 0) is 0 Å². The number of methoxy groups -OCH3 is 2. The molecule has 0 amide bonds. The first-order valence-corrected chi connectivity index (χ1v) is 9.66. The Labute approximate surface area is 182 Å². The van der Waals surface area contributed by atoms with Crippen molar-refractivity contribution in [2.75, 3.05) is 20.8 Å². The molecule has 0 fully saturated rings. The summed E-state index contributed by atoms with van der Waals surface area (Å²) in [6, 6.07) is 11.3. The fourth-order valence-electron chi connectivity index (χ4n) is 3.78. The molecule has 164 valence electrons. The van der Waals surface area contributed by atoms with E-state index in [4.69, 9.17) is 9.47 Å². The number of imidazole rings is 1. The monoisotopic (exact) mass is 440 g/mol. The molecule has 0 bridgehead atoms. The zero-order chi connectivity index (χ0) is 22.9. The standard InChI is InChI=1S/C23H19F3N4O2/c1-31-20-10-17-19(11-21(20)32-2)30(14-28-17)22-8-4-7-18(29(22)13-23(24,25)26)16-6-3-5-15(9-16)12-27/h3-11,14,18H,13H2,1-2H3. The highest BCUT2D eigenvalue weighted by molar-refractivity contribution is 5.83. The van der Waals surface area contributed by atoms with Gasteiger partial charge >= 0.3 is 6.18 Å². The first-order valence-electron chi connectivity index (χ1n) is 9.66. The van der Waals surface area contributed by atoms with Crippen molar-refractivity contribution >= 4 is 16.9 Å². The number of fused-ring (bicyclic) bond motifs is 1. The van der Waals surface area contributed by atoms with Crippen molar-refractivity contribution in [3.63, 3.8) is 0 Å². The number of ether oxygens (including phenoxy) is 2. The van der Waals surface area contributed by atoms with Gasteiger partial charge in [-0.05, 0) is 23.8 Å². The van der Waals surface area contributed by atoms with Crippen molar-refractivity contribution in [3.05, 3.63) is 72.1 Å². The average Bonchev–Trinajstić information content (AvgIpc) is 3.19. The molecule has 0 N–H and O–H groups in total. The van der Waals surface area contributed by atoms with Crippen LogP contribution >= 0.6 is 0 Å². The fraction of sp³-hybridized carbons (Fsp3) is 0.217. The minimum Gasteiger partial charge on any atom is -0.493 e. The molecule has 0 saturated carbocycles. The van der Waals surface area contributed by atoms with Crippen molar-refractivity contribution < 1.29 is 22.6 Å². The van der Waals surface area contributed by atoms with Crippen LogP contribution in [-0.4, -0.2) is 41.4 Å². The summed E-state index contributed by atoms with van der Waals surface area (Å²) < 4.78 is 53.1. The third-order valence-electron chi connectivity index (χ3n) is 5.18. The predicted octanol–water partition coefficient (Wildman–Crippen LogP) is 4.90. The predicted molar refractivity (Wildman–Crippen MR) is 113 cm³/mol. The van der Waals surface area contributed by atoms with Gasteiger partial charge in [0.1, 0.15) is 18.7 Å². The van der Waals surface area contributed by atoms with Crippen molar-refractivity contribution in [1.29, 1.82) is 5.26 Å². The molecule has 2 aromatic carbocycles. The molecule has 0 radical (unpaired) electrons. The second-order valence-electron chi connectivity index (χ2n) is 7.15. The van der Waals surface area contributed by atoms with Crippen LogP contribution in [0, 0.1) is 11.3 Å². The summed E-state index contributed by atoms with van der Waals surface area (Å²) in [4.78, 5) is 5.59. The maximum absolute atomic E-state index is 13.6. The molecule has 1 unspecified atom stereocenters.